The van der Waals surface area contributed by atoms with Gasteiger partial charge in [-0.05, 0) is 0 Å². The van der Waals surface area contributed by atoms with Gasteiger partial charge >= 0.3 is 5.69 Å². The average Bonchev–Trinajstić information content (AvgIpc) is 2.55. The molecule has 2 rings (SSSR count). The second kappa shape index (κ2) is 4.32. The molecular formula is C10H11N5O3. The summed E-state index contributed by atoms with van der Waals surface area (Å²) in [6.07, 6.45) is 1.50. The Morgan fingerprint density at radius 2 is 2.22 bits per heavy atom. The van der Waals surface area contributed by atoms with Crippen molar-refractivity contribution in [3.05, 3.63) is 33.5 Å². The molecule has 0 bridgehead atoms. The van der Waals surface area contributed by atoms with E-state index in [0.717, 1.165) is 0 Å². The number of anilines is 1. The van der Waals surface area contributed by atoms with Crippen LogP contribution in [0.2, 0.25) is 0 Å². The molecule has 0 aliphatic carbocycles. The summed E-state index contributed by atoms with van der Waals surface area (Å²) in [7, 11) is 0. The van der Waals surface area contributed by atoms with Crippen LogP contribution < -0.4 is 16.6 Å². The normalized spacial score (nSPS) is 10.5. The predicted molar refractivity (Wildman–Crippen MR) is 65.5 cm³/mol. The number of fused-ring (bicyclic) bond motifs is 1. The Morgan fingerprint density at radius 1 is 1.50 bits per heavy atom. The van der Waals surface area contributed by atoms with E-state index in [-0.39, 0.29) is 29.6 Å². The summed E-state index contributed by atoms with van der Waals surface area (Å²) in [5, 5.41) is 2.34. The van der Waals surface area contributed by atoms with Gasteiger partial charge in [0.25, 0.3) is 5.56 Å². The van der Waals surface area contributed by atoms with Crippen molar-refractivity contribution in [2.45, 2.75) is 13.5 Å². The zero-order valence-electron chi connectivity index (χ0n) is 9.61. The summed E-state index contributed by atoms with van der Waals surface area (Å²) in [6, 6.07) is 0. The Morgan fingerprint density at radius 3 is 2.83 bits per heavy atom. The Labute approximate surface area is 100 Å². The Bertz CT molecular complexity index is 736. The quantitative estimate of drug-likeness (QED) is 0.640. The van der Waals surface area contributed by atoms with Gasteiger partial charge in [0, 0.05) is 13.5 Å². The lowest BCUT2D eigenvalue weighted by Gasteiger charge is -2.01. The number of aromatic amines is 2. The number of hydrogen-bond donors (Lipinski definition) is 3. The molecule has 2 aromatic heterocycles. The van der Waals surface area contributed by atoms with E-state index in [1.807, 2.05) is 0 Å². The average molecular weight is 249 g/mol. The van der Waals surface area contributed by atoms with Gasteiger partial charge in [0.2, 0.25) is 11.9 Å². The largest absolute Gasteiger partial charge is 0.328 e. The molecule has 0 saturated carbocycles. The minimum atomic E-state index is -0.510. The third-order valence-electron chi connectivity index (χ3n) is 2.24. The first-order valence-electron chi connectivity index (χ1n) is 5.14. The highest BCUT2D eigenvalue weighted by Crippen LogP contribution is 2.04. The van der Waals surface area contributed by atoms with E-state index in [4.69, 9.17) is 0 Å². The zero-order valence-corrected chi connectivity index (χ0v) is 9.61. The number of allylic oxidation sites excluding steroid dienone is 1. The van der Waals surface area contributed by atoms with Crippen LogP contribution in [0.15, 0.2) is 22.2 Å². The molecule has 0 saturated heterocycles. The maximum atomic E-state index is 11.8. The topological polar surface area (TPSA) is 113 Å². The summed E-state index contributed by atoms with van der Waals surface area (Å²) in [4.78, 5) is 43.1. The number of imidazole rings is 1. The van der Waals surface area contributed by atoms with Gasteiger partial charge in [-0.25, -0.2) is 4.79 Å². The third-order valence-corrected chi connectivity index (χ3v) is 2.24. The van der Waals surface area contributed by atoms with Crippen molar-refractivity contribution in [3.63, 3.8) is 0 Å². The summed E-state index contributed by atoms with van der Waals surface area (Å²) in [5.74, 6) is -0.377. The molecule has 3 N–H and O–H groups in total. The second-order valence-electron chi connectivity index (χ2n) is 3.62. The first-order valence-corrected chi connectivity index (χ1v) is 5.14. The lowest BCUT2D eigenvalue weighted by Crippen LogP contribution is -2.21. The summed E-state index contributed by atoms with van der Waals surface area (Å²) >= 11 is 0. The molecule has 94 valence electrons. The highest BCUT2D eigenvalue weighted by Gasteiger charge is 2.12. The van der Waals surface area contributed by atoms with Crippen LogP contribution >= 0.6 is 0 Å². The van der Waals surface area contributed by atoms with Crippen molar-refractivity contribution in [2.24, 2.45) is 0 Å². The molecule has 0 unspecified atom stereocenters. The monoisotopic (exact) mass is 249 g/mol. The van der Waals surface area contributed by atoms with Gasteiger partial charge in [-0.2, -0.15) is 4.98 Å². The molecule has 8 nitrogen and oxygen atoms in total. The molecule has 0 aliphatic rings. The molecule has 0 aromatic carbocycles. The van der Waals surface area contributed by atoms with Crippen molar-refractivity contribution in [1.82, 2.24) is 19.5 Å². The van der Waals surface area contributed by atoms with Crippen LogP contribution in [0.3, 0.4) is 0 Å². The van der Waals surface area contributed by atoms with Crippen molar-refractivity contribution < 1.29 is 4.79 Å². The predicted octanol–water partition coefficient (Wildman–Crippen LogP) is -0.443. The first-order chi connectivity index (χ1) is 8.52. The second-order valence-corrected chi connectivity index (χ2v) is 3.62. The maximum Gasteiger partial charge on any atom is 0.328 e. The molecule has 0 radical (unpaired) electrons. The number of aromatic nitrogens is 4. The van der Waals surface area contributed by atoms with Crippen LogP contribution in [0, 0.1) is 0 Å². The number of nitrogens with one attached hydrogen (secondary N) is 3. The van der Waals surface area contributed by atoms with Crippen LogP contribution in [0.25, 0.3) is 11.2 Å². The maximum absolute atomic E-state index is 11.8. The van der Waals surface area contributed by atoms with Gasteiger partial charge in [0.05, 0.1) is 0 Å². The van der Waals surface area contributed by atoms with Gasteiger partial charge in [-0.15, -0.1) is 6.58 Å². The highest BCUT2D eigenvalue weighted by molar-refractivity contribution is 5.87. The molecule has 2 heterocycles. The summed E-state index contributed by atoms with van der Waals surface area (Å²) in [6.45, 7) is 4.99. The Kier molecular flexibility index (Phi) is 2.84. The molecule has 0 spiro atoms. The number of rotatable bonds is 3. The molecule has 8 heteroatoms. The van der Waals surface area contributed by atoms with Gasteiger partial charge in [-0.1, -0.05) is 6.08 Å². The smallest absolute Gasteiger partial charge is 0.296 e. The van der Waals surface area contributed by atoms with Gasteiger partial charge in [0.15, 0.2) is 11.2 Å². The molecule has 0 fully saturated rings. The zero-order chi connectivity index (χ0) is 13.3. The van der Waals surface area contributed by atoms with Gasteiger partial charge in [0.1, 0.15) is 0 Å². The number of carbonyl (C=O) groups excluding carboxylic acids is 1. The molecule has 0 aliphatic heterocycles. The number of nitrogens with zero attached hydrogens (tertiary/aromatic N) is 2. The minimum Gasteiger partial charge on any atom is -0.296 e. The van der Waals surface area contributed by atoms with E-state index in [1.54, 1.807) is 0 Å². The minimum absolute atomic E-state index is 0.00740. The van der Waals surface area contributed by atoms with Gasteiger partial charge in [-0.3, -0.25) is 29.4 Å². The SMILES string of the molecule is C=CCn1c(=O)[nH]c2nc(NC(C)=O)[nH]c(=O)c21. The van der Waals surface area contributed by atoms with E-state index in [0.29, 0.717) is 0 Å². The lowest BCUT2D eigenvalue weighted by atomic mass is 10.5. The number of hydrogen-bond acceptors (Lipinski definition) is 4. The Hall–Kier alpha value is -2.64. The van der Waals surface area contributed by atoms with E-state index >= 15 is 0 Å². The van der Waals surface area contributed by atoms with Crippen molar-refractivity contribution in [1.29, 1.82) is 0 Å². The fourth-order valence-corrected chi connectivity index (χ4v) is 1.60. The van der Waals surface area contributed by atoms with Gasteiger partial charge < -0.3 is 0 Å². The molecule has 2 aromatic rings. The fraction of sp³-hybridized carbons (Fsp3) is 0.200. The molecule has 18 heavy (non-hydrogen) atoms. The van der Waals surface area contributed by atoms with Crippen LogP contribution in [0.1, 0.15) is 6.92 Å². The van der Waals surface area contributed by atoms with Crippen LogP contribution in [-0.2, 0) is 11.3 Å². The van der Waals surface area contributed by atoms with Crippen molar-refractivity contribution in [2.75, 3.05) is 5.32 Å². The Balaban J connectivity index is 2.69. The fourth-order valence-electron chi connectivity index (χ4n) is 1.60. The summed E-state index contributed by atoms with van der Waals surface area (Å²) in [5.41, 5.74) is -0.727. The highest BCUT2D eigenvalue weighted by atomic mass is 16.2. The molecule has 0 atom stereocenters. The third kappa shape index (κ3) is 1.95. The number of H-pyrrole nitrogens is 2. The first kappa shape index (κ1) is 11.8. The van der Waals surface area contributed by atoms with Crippen molar-refractivity contribution in [3.8, 4) is 0 Å². The molecule has 1 amide bonds. The van der Waals surface area contributed by atoms with Crippen molar-refractivity contribution >= 4 is 23.0 Å². The summed E-state index contributed by atoms with van der Waals surface area (Å²) < 4.78 is 1.21. The molecular weight excluding hydrogens is 238 g/mol. The number of carbonyl (C=O) groups is 1. The number of amides is 1. The van der Waals surface area contributed by atoms with Crippen LogP contribution in [-0.4, -0.2) is 25.4 Å². The standard InChI is InChI=1S/C10H11N5O3/c1-3-4-15-6-7(13-10(15)18)12-9(11-5(2)16)14-8(6)17/h3H,1,4H2,2H3,(H3,11,12,13,14,16,17,18). The van der Waals surface area contributed by atoms with E-state index in [1.165, 1.54) is 17.6 Å². The van der Waals surface area contributed by atoms with E-state index in [2.05, 4.69) is 26.8 Å². The van der Waals surface area contributed by atoms with E-state index < -0.39 is 11.2 Å². The lowest BCUT2D eigenvalue weighted by molar-refractivity contribution is -0.114. The van der Waals surface area contributed by atoms with E-state index in [9.17, 15) is 14.4 Å². The van der Waals surface area contributed by atoms with Crippen LogP contribution in [0.4, 0.5) is 5.95 Å². The van der Waals surface area contributed by atoms with Crippen LogP contribution in [0.5, 0.6) is 0 Å².